The van der Waals surface area contributed by atoms with Crippen LogP contribution in [0.1, 0.15) is 29.6 Å². The lowest BCUT2D eigenvalue weighted by molar-refractivity contribution is 0.102. The molecule has 1 saturated heterocycles. The molecule has 24 heavy (non-hydrogen) atoms. The van der Waals surface area contributed by atoms with Gasteiger partial charge in [-0.15, -0.1) is 0 Å². The van der Waals surface area contributed by atoms with Gasteiger partial charge in [-0.3, -0.25) is 9.00 Å². The number of rotatable bonds is 4. The molecule has 1 aromatic heterocycles. The molecule has 0 saturated carbocycles. The van der Waals surface area contributed by atoms with Gasteiger partial charge in [0.05, 0.1) is 5.69 Å². The normalized spacial score (nSPS) is 15.8. The second kappa shape index (κ2) is 7.57. The number of carbonyl (C=O) groups is 1. The molecule has 1 amide bonds. The van der Waals surface area contributed by atoms with Crippen molar-refractivity contribution >= 4 is 28.2 Å². The molecule has 6 heteroatoms. The first-order valence-electron chi connectivity index (χ1n) is 8.10. The number of nitrogens with one attached hydrogen (secondary N) is 1. The standard InChI is InChI=1S/C18H21N3O2S/c1-24(23)15-9-7-14(8-10-15)18(22)20-16-6-5-11-19-17(16)21-12-3-2-4-13-21/h5-11H,2-4,12-13H2,1H3,(H,20,22). The molecule has 1 unspecified atom stereocenters. The zero-order valence-corrected chi connectivity index (χ0v) is 14.5. The third-order valence-electron chi connectivity index (χ3n) is 4.14. The van der Waals surface area contributed by atoms with Crippen molar-refractivity contribution in [2.45, 2.75) is 24.2 Å². The topological polar surface area (TPSA) is 62.3 Å². The first-order valence-corrected chi connectivity index (χ1v) is 9.66. The van der Waals surface area contributed by atoms with Gasteiger partial charge in [-0.25, -0.2) is 4.98 Å². The van der Waals surface area contributed by atoms with Crippen LogP contribution in [0.15, 0.2) is 47.5 Å². The summed E-state index contributed by atoms with van der Waals surface area (Å²) in [5.74, 6) is 0.645. The van der Waals surface area contributed by atoms with Crippen molar-refractivity contribution in [2.75, 3.05) is 29.6 Å². The Kier molecular flexibility index (Phi) is 5.25. The van der Waals surface area contributed by atoms with Crippen molar-refractivity contribution in [2.24, 2.45) is 0 Å². The first kappa shape index (κ1) is 16.6. The van der Waals surface area contributed by atoms with Crippen molar-refractivity contribution in [1.82, 2.24) is 4.98 Å². The lowest BCUT2D eigenvalue weighted by Gasteiger charge is -2.29. The van der Waals surface area contributed by atoms with E-state index in [4.69, 9.17) is 0 Å². The molecule has 0 radical (unpaired) electrons. The summed E-state index contributed by atoms with van der Waals surface area (Å²) in [7, 11) is -1.04. The van der Waals surface area contributed by atoms with E-state index < -0.39 is 10.8 Å². The Bertz CT molecular complexity index is 740. The molecule has 1 fully saturated rings. The Morgan fingerprint density at radius 3 is 2.50 bits per heavy atom. The highest BCUT2D eigenvalue weighted by Gasteiger charge is 2.17. The van der Waals surface area contributed by atoms with Crippen molar-refractivity contribution in [1.29, 1.82) is 0 Å². The van der Waals surface area contributed by atoms with Crippen LogP contribution in [-0.4, -0.2) is 34.4 Å². The quantitative estimate of drug-likeness (QED) is 0.927. The van der Waals surface area contributed by atoms with Crippen LogP contribution in [0.4, 0.5) is 11.5 Å². The maximum absolute atomic E-state index is 12.5. The molecule has 3 rings (SSSR count). The molecule has 1 aliphatic rings. The molecular formula is C18H21N3O2S. The predicted octanol–water partition coefficient (Wildman–Crippen LogP) is 3.06. The fourth-order valence-corrected chi connectivity index (χ4v) is 3.36. The molecule has 126 valence electrons. The number of piperidine rings is 1. The third-order valence-corrected chi connectivity index (χ3v) is 5.07. The summed E-state index contributed by atoms with van der Waals surface area (Å²) in [6.07, 6.45) is 6.93. The van der Waals surface area contributed by atoms with Crippen LogP contribution in [0, 0.1) is 0 Å². The van der Waals surface area contributed by atoms with Gasteiger partial charge in [-0.05, 0) is 55.7 Å². The molecule has 1 aromatic carbocycles. The molecule has 0 aliphatic carbocycles. The van der Waals surface area contributed by atoms with E-state index in [2.05, 4.69) is 15.2 Å². The van der Waals surface area contributed by atoms with E-state index >= 15 is 0 Å². The van der Waals surface area contributed by atoms with Crippen LogP contribution in [-0.2, 0) is 10.8 Å². The summed E-state index contributed by atoms with van der Waals surface area (Å²) in [5.41, 5.74) is 1.27. The molecule has 1 N–H and O–H groups in total. The fourth-order valence-electron chi connectivity index (χ4n) is 2.84. The monoisotopic (exact) mass is 343 g/mol. The zero-order chi connectivity index (χ0) is 16.9. The number of amides is 1. The molecule has 5 nitrogen and oxygen atoms in total. The number of hydrogen-bond donors (Lipinski definition) is 1. The number of aromatic nitrogens is 1. The van der Waals surface area contributed by atoms with Gasteiger partial charge in [-0.2, -0.15) is 0 Å². The largest absolute Gasteiger partial charge is 0.355 e. The van der Waals surface area contributed by atoms with Crippen molar-refractivity contribution in [3.8, 4) is 0 Å². The number of anilines is 2. The lowest BCUT2D eigenvalue weighted by Crippen LogP contribution is -2.31. The minimum Gasteiger partial charge on any atom is -0.355 e. The predicted molar refractivity (Wildman–Crippen MR) is 97.0 cm³/mol. The smallest absolute Gasteiger partial charge is 0.255 e. The van der Waals surface area contributed by atoms with Crippen molar-refractivity contribution < 1.29 is 9.00 Å². The Hall–Kier alpha value is -2.21. The van der Waals surface area contributed by atoms with Gasteiger partial charge in [0.1, 0.15) is 0 Å². The highest BCUT2D eigenvalue weighted by atomic mass is 32.2. The molecule has 2 heterocycles. The average Bonchev–Trinajstić information content (AvgIpc) is 2.63. The van der Waals surface area contributed by atoms with Crippen molar-refractivity contribution in [3.63, 3.8) is 0 Å². The minimum atomic E-state index is -1.04. The maximum atomic E-state index is 12.5. The van der Waals surface area contributed by atoms with Crippen LogP contribution in [0.3, 0.4) is 0 Å². The van der Waals surface area contributed by atoms with Crippen molar-refractivity contribution in [3.05, 3.63) is 48.2 Å². The Morgan fingerprint density at radius 1 is 1.12 bits per heavy atom. The highest BCUT2D eigenvalue weighted by Crippen LogP contribution is 2.26. The van der Waals surface area contributed by atoms with Crippen LogP contribution < -0.4 is 10.2 Å². The molecule has 0 spiro atoms. The Balaban J connectivity index is 1.77. The molecule has 0 bridgehead atoms. The fraction of sp³-hybridized carbons (Fsp3) is 0.333. The van der Waals surface area contributed by atoms with Crippen LogP contribution >= 0.6 is 0 Å². The summed E-state index contributed by atoms with van der Waals surface area (Å²) in [5, 5.41) is 2.95. The number of benzene rings is 1. The number of hydrogen-bond acceptors (Lipinski definition) is 4. The number of nitrogens with zero attached hydrogens (tertiary/aromatic N) is 2. The Morgan fingerprint density at radius 2 is 1.83 bits per heavy atom. The lowest BCUT2D eigenvalue weighted by atomic mass is 10.1. The first-order chi connectivity index (χ1) is 11.6. The van der Waals surface area contributed by atoms with Crippen LogP contribution in [0.2, 0.25) is 0 Å². The van der Waals surface area contributed by atoms with Gasteiger partial charge < -0.3 is 10.2 Å². The van der Waals surface area contributed by atoms with Gasteiger partial charge in [0.2, 0.25) is 0 Å². The van der Waals surface area contributed by atoms with E-state index in [1.165, 1.54) is 6.42 Å². The van der Waals surface area contributed by atoms with E-state index in [0.717, 1.165) is 37.4 Å². The van der Waals surface area contributed by atoms with Gasteiger partial charge in [0, 0.05) is 46.8 Å². The second-order valence-corrected chi connectivity index (χ2v) is 7.23. The van der Waals surface area contributed by atoms with Gasteiger partial charge in [0.25, 0.3) is 5.91 Å². The maximum Gasteiger partial charge on any atom is 0.255 e. The van der Waals surface area contributed by atoms with E-state index in [0.29, 0.717) is 10.5 Å². The zero-order valence-electron chi connectivity index (χ0n) is 13.7. The summed E-state index contributed by atoms with van der Waals surface area (Å²) in [6.45, 7) is 1.94. The van der Waals surface area contributed by atoms with Gasteiger partial charge in [0.15, 0.2) is 5.82 Å². The Labute approximate surface area is 144 Å². The van der Waals surface area contributed by atoms with Crippen LogP contribution in [0.25, 0.3) is 0 Å². The van der Waals surface area contributed by atoms with E-state index in [9.17, 15) is 9.00 Å². The van der Waals surface area contributed by atoms with E-state index in [1.807, 2.05) is 12.1 Å². The van der Waals surface area contributed by atoms with Gasteiger partial charge >= 0.3 is 0 Å². The third kappa shape index (κ3) is 3.82. The minimum absolute atomic E-state index is 0.185. The molecular weight excluding hydrogens is 322 g/mol. The van der Waals surface area contributed by atoms with Crippen LogP contribution in [0.5, 0.6) is 0 Å². The molecule has 1 aliphatic heterocycles. The SMILES string of the molecule is CS(=O)c1ccc(C(=O)Nc2cccnc2N2CCCCC2)cc1. The number of carbonyl (C=O) groups excluding carboxylic acids is 1. The summed E-state index contributed by atoms with van der Waals surface area (Å²) in [4.78, 5) is 19.9. The number of pyridine rings is 1. The summed E-state index contributed by atoms with van der Waals surface area (Å²) >= 11 is 0. The summed E-state index contributed by atoms with van der Waals surface area (Å²) < 4.78 is 11.4. The van der Waals surface area contributed by atoms with Gasteiger partial charge in [-0.1, -0.05) is 0 Å². The van der Waals surface area contributed by atoms with E-state index in [-0.39, 0.29) is 5.91 Å². The summed E-state index contributed by atoms with van der Waals surface area (Å²) in [6, 6.07) is 10.5. The molecule has 1 atom stereocenters. The average molecular weight is 343 g/mol. The highest BCUT2D eigenvalue weighted by molar-refractivity contribution is 7.84. The van der Waals surface area contributed by atoms with E-state index in [1.54, 1.807) is 36.7 Å². The molecule has 2 aromatic rings. The second-order valence-electron chi connectivity index (χ2n) is 5.85.